The Morgan fingerprint density at radius 2 is 0.857 bits per heavy atom. The molecule has 1 amide bonds. The molecule has 0 heterocycles. The summed E-state index contributed by atoms with van der Waals surface area (Å²) in [7, 11) is 0. The van der Waals surface area contributed by atoms with Crippen LogP contribution in [0.15, 0.2) is 0 Å². The fraction of sp³-hybridized carbons (Fsp3) is 0.974. The normalized spacial score (nSPS) is 13.1. The van der Waals surface area contributed by atoms with Crippen LogP contribution >= 0.6 is 0 Å². The molecular formula is C38H77NO3. The maximum Gasteiger partial charge on any atom is 0.220 e. The van der Waals surface area contributed by atoms with Crippen molar-refractivity contribution in [3.05, 3.63) is 0 Å². The monoisotopic (exact) mass is 596 g/mol. The van der Waals surface area contributed by atoms with E-state index in [-0.39, 0.29) is 12.5 Å². The van der Waals surface area contributed by atoms with Gasteiger partial charge in [-0.15, -0.1) is 0 Å². The third-order valence-electron chi connectivity index (χ3n) is 9.05. The Bertz CT molecular complexity index is 538. The van der Waals surface area contributed by atoms with Crippen molar-refractivity contribution in [2.24, 2.45) is 5.92 Å². The smallest absolute Gasteiger partial charge is 0.220 e. The lowest BCUT2D eigenvalue weighted by atomic mass is 10.0. The SMILES string of the molecule is CCCCCCCCCCCCCCCCCCCCC(=O)N[C@@H](CO)[C@H](O)CCCCCCCCCCCC(C)C. The van der Waals surface area contributed by atoms with E-state index >= 15 is 0 Å². The second-order valence-electron chi connectivity index (χ2n) is 13.8. The molecule has 0 aromatic carbocycles. The van der Waals surface area contributed by atoms with E-state index in [2.05, 4.69) is 26.1 Å². The Kier molecular flexibility index (Phi) is 32.8. The van der Waals surface area contributed by atoms with Crippen molar-refractivity contribution >= 4 is 5.91 Å². The van der Waals surface area contributed by atoms with Gasteiger partial charge in [0.15, 0.2) is 0 Å². The lowest BCUT2D eigenvalue weighted by Crippen LogP contribution is -2.45. The van der Waals surface area contributed by atoms with Crippen LogP contribution in [0.2, 0.25) is 0 Å². The summed E-state index contributed by atoms with van der Waals surface area (Å²) < 4.78 is 0. The number of hydrogen-bond acceptors (Lipinski definition) is 3. The zero-order chi connectivity index (χ0) is 30.9. The molecule has 0 aromatic heterocycles. The topological polar surface area (TPSA) is 69.6 Å². The van der Waals surface area contributed by atoms with Crippen LogP contribution < -0.4 is 5.32 Å². The van der Waals surface area contributed by atoms with Gasteiger partial charge in [0, 0.05) is 6.42 Å². The summed E-state index contributed by atoms with van der Waals surface area (Å²) in [6, 6.07) is -0.529. The lowest BCUT2D eigenvalue weighted by molar-refractivity contribution is -0.123. The fourth-order valence-corrected chi connectivity index (χ4v) is 6.07. The van der Waals surface area contributed by atoms with Crippen LogP contribution in [0.1, 0.15) is 213 Å². The van der Waals surface area contributed by atoms with Gasteiger partial charge in [-0.05, 0) is 18.8 Å². The molecule has 252 valence electrons. The van der Waals surface area contributed by atoms with Gasteiger partial charge >= 0.3 is 0 Å². The zero-order valence-corrected chi connectivity index (χ0v) is 29.0. The van der Waals surface area contributed by atoms with Gasteiger partial charge in [-0.25, -0.2) is 0 Å². The van der Waals surface area contributed by atoms with E-state index < -0.39 is 12.1 Å². The van der Waals surface area contributed by atoms with Crippen LogP contribution in [0.5, 0.6) is 0 Å². The highest BCUT2D eigenvalue weighted by Gasteiger charge is 2.19. The molecule has 0 radical (unpaired) electrons. The number of carbonyl (C=O) groups excluding carboxylic acids is 1. The van der Waals surface area contributed by atoms with Crippen LogP contribution in [-0.4, -0.2) is 34.9 Å². The Hall–Kier alpha value is -0.610. The first-order chi connectivity index (χ1) is 20.5. The predicted octanol–water partition coefficient (Wildman–Crippen LogP) is 11.2. The average molecular weight is 596 g/mol. The van der Waals surface area contributed by atoms with E-state index in [4.69, 9.17) is 0 Å². The molecule has 0 unspecified atom stereocenters. The summed E-state index contributed by atoms with van der Waals surface area (Å²) in [6.45, 7) is 6.70. The van der Waals surface area contributed by atoms with E-state index in [9.17, 15) is 15.0 Å². The van der Waals surface area contributed by atoms with E-state index in [1.807, 2.05) is 0 Å². The fourth-order valence-electron chi connectivity index (χ4n) is 6.07. The van der Waals surface area contributed by atoms with Crippen molar-refractivity contribution in [2.45, 2.75) is 226 Å². The number of unbranched alkanes of at least 4 members (excludes halogenated alkanes) is 25. The first-order valence-electron chi connectivity index (χ1n) is 19.1. The van der Waals surface area contributed by atoms with Crippen molar-refractivity contribution in [3.63, 3.8) is 0 Å². The minimum Gasteiger partial charge on any atom is -0.394 e. The number of aliphatic hydroxyl groups excluding tert-OH is 2. The minimum atomic E-state index is -0.653. The summed E-state index contributed by atoms with van der Waals surface area (Å²) in [6.07, 6.45) is 37.3. The molecule has 0 spiro atoms. The molecule has 0 aliphatic heterocycles. The molecule has 0 aromatic rings. The maximum atomic E-state index is 12.3. The third kappa shape index (κ3) is 30.8. The molecule has 2 atom stereocenters. The van der Waals surface area contributed by atoms with Gasteiger partial charge in [0.05, 0.1) is 18.8 Å². The highest BCUT2D eigenvalue weighted by Crippen LogP contribution is 2.16. The number of nitrogens with one attached hydrogen (secondary N) is 1. The van der Waals surface area contributed by atoms with Crippen LogP contribution in [0.25, 0.3) is 0 Å². The second-order valence-corrected chi connectivity index (χ2v) is 13.8. The summed E-state index contributed by atoms with van der Waals surface area (Å²) in [5, 5.41) is 23.0. The molecule has 0 bridgehead atoms. The van der Waals surface area contributed by atoms with Crippen molar-refractivity contribution < 1.29 is 15.0 Å². The third-order valence-corrected chi connectivity index (χ3v) is 9.05. The first-order valence-corrected chi connectivity index (χ1v) is 19.1. The van der Waals surface area contributed by atoms with Gasteiger partial charge in [-0.1, -0.05) is 194 Å². The summed E-state index contributed by atoms with van der Waals surface area (Å²) in [5.41, 5.74) is 0. The van der Waals surface area contributed by atoms with Gasteiger partial charge in [-0.2, -0.15) is 0 Å². The van der Waals surface area contributed by atoms with Crippen molar-refractivity contribution in [3.8, 4) is 0 Å². The highest BCUT2D eigenvalue weighted by molar-refractivity contribution is 5.76. The number of rotatable bonds is 34. The molecule has 0 saturated carbocycles. The van der Waals surface area contributed by atoms with Crippen LogP contribution in [-0.2, 0) is 4.79 Å². The van der Waals surface area contributed by atoms with E-state index in [0.29, 0.717) is 12.8 Å². The van der Waals surface area contributed by atoms with Gasteiger partial charge in [-0.3, -0.25) is 4.79 Å². The maximum absolute atomic E-state index is 12.3. The quantitative estimate of drug-likeness (QED) is 0.0648. The summed E-state index contributed by atoms with van der Waals surface area (Å²) >= 11 is 0. The second kappa shape index (κ2) is 33.3. The van der Waals surface area contributed by atoms with Crippen LogP contribution in [0.4, 0.5) is 0 Å². The predicted molar refractivity (Wildman–Crippen MR) is 184 cm³/mol. The number of hydrogen-bond donors (Lipinski definition) is 3. The Balaban J connectivity index is 3.50. The Morgan fingerprint density at radius 1 is 0.524 bits per heavy atom. The van der Waals surface area contributed by atoms with Crippen molar-refractivity contribution in [2.75, 3.05) is 6.61 Å². The number of aliphatic hydroxyl groups is 2. The standard InChI is InChI=1S/C38H77NO3/c1-4-5-6-7-8-9-10-11-12-13-14-15-16-17-21-24-27-30-33-38(42)39-36(34-40)37(41)32-29-26-23-20-18-19-22-25-28-31-35(2)3/h35-37,40-41H,4-34H2,1-3H3,(H,39,42)/t36-,37+/m0/s1. The zero-order valence-electron chi connectivity index (χ0n) is 29.0. The van der Waals surface area contributed by atoms with E-state index in [1.165, 1.54) is 154 Å². The number of amides is 1. The molecule has 0 rings (SSSR count). The number of carbonyl (C=O) groups is 1. The average Bonchev–Trinajstić information content (AvgIpc) is 2.97. The molecule has 0 aliphatic carbocycles. The minimum absolute atomic E-state index is 0.0296. The largest absolute Gasteiger partial charge is 0.394 e. The van der Waals surface area contributed by atoms with Crippen LogP contribution in [0, 0.1) is 5.92 Å². The van der Waals surface area contributed by atoms with Crippen molar-refractivity contribution in [1.82, 2.24) is 5.32 Å². The van der Waals surface area contributed by atoms with E-state index in [1.54, 1.807) is 0 Å². The Labute approximate surface area is 264 Å². The van der Waals surface area contributed by atoms with Crippen molar-refractivity contribution in [1.29, 1.82) is 0 Å². The van der Waals surface area contributed by atoms with E-state index in [0.717, 1.165) is 31.6 Å². The molecular weight excluding hydrogens is 518 g/mol. The molecule has 42 heavy (non-hydrogen) atoms. The van der Waals surface area contributed by atoms with Gasteiger partial charge in [0.2, 0.25) is 5.91 Å². The lowest BCUT2D eigenvalue weighted by Gasteiger charge is -2.22. The van der Waals surface area contributed by atoms with Crippen LogP contribution in [0.3, 0.4) is 0 Å². The highest BCUT2D eigenvalue weighted by atomic mass is 16.3. The molecule has 4 heteroatoms. The molecule has 0 fully saturated rings. The van der Waals surface area contributed by atoms with Gasteiger partial charge in [0.25, 0.3) is 0 Å². The summed E-state index contributed by atoms with van der Waals surface area (Å²) in [4.78, 5) is 12.3. The Morgan fingerprint density at radius 3 is 1.21 bits per heavy atom. The van der Waals surface area contributed by atoms with Gasteiger partial charge in [0.1, 0.15) is 0 Å². The summed E-state index contributed by atoms with van der Waals surface area (Å²) in [5.74, 6) is 0.801. The van der Waals surface area contributed by atoms with Gasteiger partial charge < -0.3 is 15.5 Å². The molecule has 4 nitrogen and oxygen atoms in total. The molecule has 3 N–H and O–H groups in total. The molecule has 0 aliphatic rings. The molecule has 0 saturated heterocycles. The first kappa shape index (κ1) is 41.4.